The largest absolute Gasteiger partial charge is 0.435 e. The third-order valence-corrected chi connectivity index (χ3v) is 2.44. The quantitative estimate of drug-likeness (QED) is 0.798. The van der Waals surface area contributed by atoms with E-state index in [1.807, 2.05) is 6.92 Å². The second kappa shape index (κ2) is 7.68. The molecule has 0 radical (unpaired) electrons. The number of hydrogen-bond acceptors (Lipinski definition) is 3. The summed E-state index contributed by atoms with van der Waals surface area (Å²) in [6.07, 6.45) is 0.964. The molecule has 0 heterocycles. The average molecular weight is 272 g/mol. The highest BCUT2D eigenvalue weighted by molar-refractivity contribution is 5.75. The van der Waals surface area contributed by atoms with E-state index >= 15 is 0 Å². The summed E-state index contributed by atoms with van der Waals surface area (Å²) in [7, 11) is 0. The number of amides is 1. The number of nitrogens with one attached hydrogen (secondary N) is 1. The monoisotopic (exact) mass is 272 g/mol. The highest BCUT2D eigenvalue weighted by Gasteiger charge is 2.06. The number of carbonyl (C=O) groups excluding carboxylic acids is 1. The molecule has 1 atom stereocenters. The molecule has 0 bridgehead atoms. The molecule has 1 aromatic rings. The first kappa shape index (κ1) is 15.4. The number of hydrogen-bond donors (Lipinski definition) is 2. The zero-order valence-electron chi connectivity index (χ0n) is 10.7. The third kappa shape index (κ3) is 6.71. The first-order valence-corrected chi connectivity index (χ1v) is 6.03. The summed E-state index contributed by atoms with van der Waals surface area (Å²) in [6, 6.07) is 6.21. The smallest absolute Gasteiger partial charge is 0.387 e. The molecule has 0 aliphatic heterocycles. The fraction of sp³-hybridized carbons (Fsp3) is 0.462. The van der Waals surface area contributed by atoms with Crippen LogP contribution in [0.3, 0.4) is 0 Å². The molecule has 0 aliphatic rings. The lowest BCUT2D eigenvalue weighted by atomic mass is 10.2. The van der Waals surface area contributed by atoms with Gasteiger partial charge in [-0.3, -0.25) is 4.79 Å². The van der Waals surface area contributed by atoms with Gasteiger partial charge in [0, 0.05) is 19.0 Å². The average Bonchev–Trinajstić information content (AvgIpc) is 2.33. The van der Waals surface area contributed by atoms with E-state index in [0.717, 1.165) is 0 Å². The van der Waals surface area contributed by atoms with Crippen molar-refractivity contribution in [2.24, 2.45) is 5.73 Å². The molecule has 0 saturated heterocycles. The Morgan fingerprint density at radius 3 is 2.84 bits per heavy atom. The van der Waals surface area contributed by atoms with Gasteiger partial charge in [-0.2, -0.15) is 8.78 Å². The molecule has 4 nitrogen and oxygen atoms in total. The Hall–Kier alpha value is -1.69. The zero-order chi connectivity index (χ0) is 14.3. The van der Waals surface area contributed by atoms with Gasteiger partial charge in [-0.05, 0) is 31.0 Å². The normalized spacial score (nSPS) is 12.3. The maximum atomic E-state index is 12.0. The molecule has 6 heteroatoms. The lowest BCUT2D eigenvalue weighted by molar-refractivity contribution is -0.121. The Morgan fingerprint density at radius 1 is 1.47 bits per heavy atom. The van der Waals surface area contributed by atoms with Crippen LogP contribution in [0.25, 0.3) is 0 Å². The maximum Gasteiger partial charge on any atom is 0.387 e. The second-order valence-corrected chi connectivity index (χ2v) is 4.32. The summed E-state index contributed by atoms with van der Waals surface area (Å²) >= 11 is 0. The molecular weight excluding hydrogens is 254 g/mol. The van der Waals surface area contributed by atoms with Crippen molar-refractivity contribution in [2.75, 3.05) is 0 Å². The van der Waals surface area contributed by atoms with Crippen molar-refractivity contribution in [2.45, 2.75) is 39.0 Å². The Morgan fingerprint density at radius 2 is 2.21 bits per heavy atom. The molecule has 19 heavy (non-hydrogen) atoms. The van der Waals surface area contributed by atoms with Crippen molar-refractivity contribution in [3.8, 4) is 5.75 Å². The Bertz CT molecular complexity index is 411. The predicted octanol–water partition coefficient (Wildman–Crippen LogP) is 2.03. The first-order valence-electron chi connectivity index (χ1n) is 6.03. The highest BCUT2D eigenvalue weighted by atomic mass is 19.3. The Labute approximate surface area is 110 Å². The molecule has 1 unspecified atom stereocenters. The van der Waals surface area contributed by atoms with Gasteiger partial charge in [0.15, 0.2) is 0 Å². The minimum Gasteiger partial charge on any atom is -0.435 e. The molecule has 106 valence electrons. The zero-order valence-corrected chi connectivity index (χ0v) is 10.7. The number of benzene rings is 1. The van der Waals surface area contributed by atoms with Gasteiger partial charge in [0.2, 0.25) is 5.91 Å². The van der Waals surface area contributed by atoms with Gasteiger partial charge >= 0.3 is 6.61 Å². The van der Waals surface area contributed by atoms with Crippen molar-refractivity contribution < 1.29 is 18.3 Å². The van der Waals surface area contributed by atoms with Gasteiger partial charge in [-0.25, -0.2) is 0 Å². The lowest BCUT2D eigenvalue weighted by Gasteiger charge is -2.09. The number of ether oxygens (including phenoxy) is 1. The number of alkyl halides is 2. The van der Waals surface area contributed by atoms with E-state index in [2.05, 4.69) is 10.1 Å². The number of halogens is 2. The topological polar surface area (TPSA) is 64.4 Å². The van der Waals surface area contributed by atoms with Crippen molar-refractivity contribution in [3.05, 3.63) is 29.8 Å². The van der Waals surface area contributed by atoms with Crippen LogP contribution in [-0.2, 0) is 11.3 Å². The van der Waals surface area contributed by atoms with Crippen LogP contribution in [-0.4, -0.2) is 18.6 Å². The van der Waals surface area contributed by atoms with Crippen molar-refractivity contribution in [1.29, 1.82) is 0 Å². The van der Waals surface area contributed by atoms with Crippen LogP contribution in [0.4, 0.5) is 8.78 Å². The Kier molecular flexibility index (Phi) is 6.21. The molecule has 0 saturated carbocycles. The van der Waals surface area contributed by atoms with Crippen LogP contribution in [0, 0.1) is 0 Å². The minimum atomic E-state index is -2.85. The van der Waals surface area contributed by atoms with E-state index in [1.165, 1.54) is 12.1 Å². The van der Waals surface area contributed by atoms with Gasteiger partial charge in [-0.15, -0.1) is 0 Å². The first-order chi connectivity index (χ1) is 8.97. The van der Waals surface area contributed by atoms with Gasteiger partial charge < -0.3 is 15.8 Å². The third-order valence-electron chi connectivity index (χ3n) is 2.44. The SMILES string of the molecule is CC(N)CCC(=O)NCc1cccc(OC(F)F)c1. The number of carbonyl (C=O) groups is 1. The molecule has 3 N–H and O–H groups in total. The number of rotatable bonds is 7. The minimum absolute atomic E-state index is 0.0199. The van der Waals surface area contributed by atoms with Gasteiger partial charge in [0.05, 0.1) is 0 Å². The van der Waals surface area contributed by atoms with Gasteiger partial charge in [0.25, 0.3) is 0 Å². The van der Waals surface area contributed by atoms with E-state index in [9.17, 15) is 13.6 Å². The van der Waals surface area contributed by atoms with Crippen molar-refractivity contribution in [3.63, 3.8) is 0 Å². The summed E-state index contributed by atoms with van der Waals surface area (Å²) in [5.74, 6) is -0.0326. The van der Waals surface area contributed by atoms with Crippen LogP contribution in [0.5, 0.6) is 5.75 Å². The lowest BCUT2D eigenvalue weighted by Crippen LogP contribution is -2.25. The molecule has 1 rings (SSSR count). The van der Waals surface area contributed by atoms with Crippen molar-refractivity contribution >= 4 is 5.91 Å². The van der Waals surface area contributed by atoms with E-state index < -0.39 is 6.61 Å². The van der Waals surface area contributed by atoms with E-state index in [0.29, 0.717) is 18.4 Å². The van der Waals surface area contributed by atoms with Crippen LogP contribution in [0.15, 0.2) is 24.3 Å². The van der Waals surface area contributed by atoms with Crippen LogP contribution in [0.2, 0.25) is 0 Å². The number of nitrogens with two attached hydrogens (primary N) is 1. The predicted molar refractivity (Wildman–Crippen MR) is 67.8 cm³/mol. The van der Waals surface area contributed by atoms with Gasteiger partial charge in [-0.1, -0.05) is 12.1 Å². The summed E-state index contributed by atoms with van der Waals surface area (Å²) in [4.78, 5) is 11.5. The molecule has 0 aromatic heterocycles. The molecular formula is C13H18F2N2O2. The van der Waals surface area contributed by atoms with E-state index in [1.54, 1.807) is 12.1 Å². The van der Waals surface area contributed by atoms with E-state index in [4.69, 9.17) is 5.73 Å². The fourth-order valence-corrected chi connectivity index (χ4v) is 1.48. The molecule has 0 fully saturated rings. The summed E-state index contributed by atoms with van der Waals surface area (Å²) in [5.41, 5.74) is 6.25. The summed E-state index contributed by atoms with van der Waals surface area (Å²) < 4.78 is 28.4. The fourth-order valence-electron chi connectivity index (χ4n) is 1.48. The van der Waals surface area contributed by atoms with Crippen LogP contribution in [0.1, 0.15) is 25.3 Å². The maximum absolute atomic E-state index is 12.0. The Balaban J connectivity index is 2.42. The molecule has 1 aromatic carbocycles. The van der Waals surface area contributed by atoms with Crippen molar-refractivity contribution in [1.82, 2.24) is 5.32 Å². The summed E-state index contributed by atoms with van der Waals surface area (Å²) in [5, 5.41) is 2.70. The second-order valence-electron chi connectivity index (χ2n) is 4.32. The van der Waals surface area contributed by atoms with Crippen LogP contribution >= 0.6 is 0 Å². The molecule has 0 aliphatic carbocycles. The van der Waals surface area contributed by atoms with E-state index in [-0.39, 0.29) is 24.2 Å². The van der Waals surface area contributed by atoms with Crippen LogP contribution < -0.4 is 15.8 Å². The standard InChI is InChI=1S/C13H18F2N2O2/c1-9(16)5-6-12(18)17-8-10-3-2-4-11(7-10)19-13(14)15/h2-4,7,9,13H,5-6,8,16H2,1H3,(H,17,18). The molecule has 0 spiro atoms. The van der Waals surface area contributed by atoms with Gasteiger partial charge in [0.1, 0.15) is 5.75 Å². The molecule has 1 amide bonds. The summed E-state index contributed by atoms with van der Waals surface area (Å²) in [6.45, 7) is -0.743. The highest BCUT2D eigenvalue weighted by Crippen LogP contribution is 2.15.